The Morgan fingerprint density at radius 2 is 2.11 bits per heavy atom. The number of allylic oxidation sites excluding steroid dienone is 1. The number of aldehydes is 1. The lowest BCUT2D eigenvalue weighted by Crippen LogP contribution is -2.21. The van der Waals surface area contributed by atoms with Gasteiger partial charge in [0, 0.05) is 12.3 Å². The first kappa shape index (κ1) is 17.8. The summed E-state index contributed by atoms with van der Waals surface area (Å²) in [5, 5.41) is 4.58. The normalized spacial score (nSPS) is 17.5. The summed E-state index contributed by atoms with van der Waals surface area (Å²) in [5.74, 6) is 0.905. The van der Waals surface area contributed by atoms with Gasteiger partial charge in [0.1, 0.15) is 12.4 Å². The lowest BCUT2D eigenvalue weighted by molar-refractivity contribution is 0.111. The summed E-state index contributed by atoms with van der Waals surface area (Å²) in [7, 11) is 1.53. The fourth-order valence-electron chi connectivity index (χ4n) is 3.84. The van der Waals surface area contributed by atoms with Crippen molar-refractivity contribution < 1.29 is 14.3 Å². The summed E-state index contributed by atoms with van der Waals surface area (Å²) in [5.41, 5.74) is 4.36. The highest BCUT2D eigenvalue weighted by molar-refractivity contribution is 5.79. The second-order valence-electron chi connectivity index (χ2n) is 7.21. The molecule has 0 radical (unpaired) electrons. The van der Waals surface area contributed by atoms with Crippen LogP contribution in [0.5, 0.6) is 11.6 Å². The van der Waals surface area contributed by atoms with Gasteiger partial charge >= 0.3 is 0 Å². The first-order valence-corrected chi connectivity index (χ1v) is 9.67. The molecule has 2 aliphatic carbocycles. The van der Waals surface area contributed by atoms with E-state index in [0.717, 1.165) is 19.1 Å². The van der Waals surface area contributed by atoms with Crippen LogP contribution in [0.25, 0.3) is 5.57 Å². The molecule has 2 aromatic rings. The number of carbonyl (C=O) groups excluding carboxylic acids is 1. The monoisotopic (exact) mass is 367 g/mol. The van der Waals surface area contributed by atoms with Crippen molar-refractivity contribution in [3.8, 4) is 11.6 Å². The number of rotatable bonds is 7. The standard InChI is InChI=1S/C21H25N3O3/c1-26-21-11-16(13-25)20(12-22-21)27-14-15-5-2-3-8-18(15)19-9-10-23-24(19)17-6-4-7-17/h9-13,17H,2-8,14H2,1H3. The summed E-state index contributed by atoms with van der Waals surface area (Å²) in [4.78, 5) is 15.5. The molecule has 4 rings (SSSR count). The van der Waals surface area contributed by atoms with E-state index in [1.54, 1.807) is 12.3 Å². The number of pyridine rings is 1. The quantitative estimate of drug-likeness (QED) is 0.685. The Morgan fingerprint density at radius 3 is 2.85 bits per heavy atom. The molecule has 0 aromatic carbocycles. The molecule has 2 aliphatic rings. The van der Waals surface area contributed by atoms with Crippen LogP contribution in [0.4, 0.5) is 0 Å². The summed E-state index contributed by atoms with van der Waals surface area (Å²) < 4.78 is 13.3. The predicted molar refractivity (Wildman–Crippen MR) is 102 cm³/mol. The van der Waals surface area contributed by atoms with Gasteiger partial charge in [0.25, 0.3) is 0 Å². The molecule has 0 bridgehead atoms. The first-order valence-electron chi connectivity index (χ1n) is 9.67. The number of ether oxygens (including phenoxy) is 2. The number of carbonyl (C=O) groups is 1. The van der Waals surface area contributed by atoms with Crippen LogP contribution < -0.4 is 9.47 Å². The second-order valence-corrected chi connectivity index (χ2v) is 7.21. The van der Waals surface area contributed by atoms with Crippen molar-refractivity contribution in [3.05, 3.63) is 41.4 Å². The van der Waals surface area contributed by atoms with Crippen LogP contribution in [0.1, 0.15) is 67.0 Å². The third-order valence-electron chi connectivity index (χ3n) is 5.59. The fourth-order valence-corrected chi connectivity index (χ4v) is 3.84. The average Bonchev–Trinajstić information content (AvgIpc) is 3.14. The largest absolute Gasteiger partial charge is 0.487 e. The fraction of sp³-hybridized carbons (Fsp3) is 0.476. The van der Waals surface area contributed by atoms with Gasteiger partial charge in [0.15, 0.2) is 6.29 Å². The molecule has 2 heterocycles. The van der Waals surface area contributed by atoms with Gasteiger partial charge in [-0.05, 0) is 62.2 Å². The van der Waals surface area contributed by atoms with Gasteiger partial charge < -0.3 is 9.47 Å². The molecule has 0 unspecified atom stereocenters. The maximum absolute atomic E-state index is 11.4. The SMILES string of the molecule is COc1cc(C=O)c(OCC2=C(c3ccnn3C3CCC3)CCCC2)cn1. The molecule has 1 saturated carbocycles. The van der Waals surface area contributed by atoms with Crippen LogP contribution in [-0.4, -0.2) is 34.8 Å². The molecule has 0 N–H and O–H groups in total. The van der Waals surface area contributed by atoms with E-state index in [1.807, 2.05) is 6.20 Å². The maximum atomic E-state index is 11.4. The molecule has 0 spiro atoms. The van der Waals surface area contributed by atoms with Gasteiger partial charge in [0.05, 0.1) is 30.6 Å². The minimum absolute atomic E-state index is 0.409. The van der Waals surface area contributed by atoms with Crippen molar-refractivity contribution >= 4 is 11.9 Å². The van der Waals surface area contributed by atoms with E-state index in [2.05, 4.69) is 20.8 Å². The Morgan fingerprint density at radius 1 is 1.26 bits per heavy atom. The zero-order valence-electron chi connectivity index (χ0n) is 15.7. The molecule has 142 valence electrons. The number of hydrogen-bond acceptors (Lipinski definition) is 5. The van der Waals surface area contributed by atoms with Crippen LogP contribution in [0.15, 0.2) is 30.1 Å². The highest BCUT2D eigenvalue weighted by atomic mass is 16.5. The highest BCUT2D eigenvalue weighted by Crippen LogP contribution is 2.38. The molecule has 6 nitrogen and oxygen atoms in total. The van der Waals surface area contributed by atoms with Crippen LogP contribution in [0, 0.1) is 0 Å². The number of aromatic nitrogens is 3. The smallest absolute Gasteiger partial charge is 0.213 e. The maximum Gasteiger partial charge on any atom is 0.213 e. The van der Waals surface area contributed by atoms with Crippen molar-refractivity contribution in [1.29, 1.82) is 0 Å². The van der Waals surface area contributed by atoms with E-state index >= 15 is 0 Å². The molecular formula is C21H25N3O3. The zero-order valence-corrected chi connectivity index (χ0v) is 15.7. The number of hydrogen-bond donors (Lipinski definition) is 0. The topological polar surface area (TPSA) is 66.2 Å². The third-order valence-corrected chi connectivity index (χ3v) is 5.59. The van der Waals surface area contributed by atoms with Crippen LogP contribution in [0.3, 0.4) is 0 Å². The summed E-state index contributed by atoms with van der Waals surface area (Å²) >= 11 is 0. The number of methoxy groups -OCH3 is 1. The van der Waals surface area contributed by atoms with E-state index in [-0.39, 0.29) is 0 Å². The van der Waals surface area contributed by atoms with E-state index in [0.29, 0.717) is 29.8 Å². The van der Waals surface area contributed by atoms with Crippen molar-refractivity contribution in [3.63, 3.8) is 0 Å². The van der Waals surface area contributed by atoms with Crippen LogP contribution in [0.2, 0.25) is 0 Å². The van der Waals surface area contributed by atoms with Gasteiger partial charge in [-0.3, -0.25) is 9.48 Å². The molecule has 0 aliphatic heterocycles. The molecule has 1 fully saturated rings. The van der Waals surface area contributed by atoms with Crippen molar-refractivity contribution in [2.45, 2.75) is 51.0 Å². The lowest BCUT2D eigenvalue weighted by atomic mass is 9.88. The van der Waals surface area contributed by atoms with E-state index < -0.39 is 0 Å². The molecule has 0 saturated heterocycles. The van der Waals surface area contributed by atoms with E-state index in [9.17, 15) is 4.79 Å². The Bertz CT molecular complexity index is 852. The minimum atomic E-state index is 0.409. The van der Waals surface area contributed by atoms with Gasteiger partial charge in [-0.1, -0.05) is 0 Å². The van der Waals surface area contributed by atoms with E-state index in [4.69, 9.17) is 9.47 Å². The summed E-state index contributed by atoms with van der Waals surface area (Å²) in [6.07, 6.45) is 12.4. The Kier molecular flexibility index (Phi) is 5.23. The van der Waals surface area contributed by atoms with Gasteiger partial charge in [-0.2, -0.15) is 5.10 Å². The second kappa shape index (κ2) is 7.94. The molecular weight excluding hydrogens is 342 g/mol. The molecule has 6 heteroatoms. The van der Waals surface area contributed by atoms with Gasteiger partial charge in [-0.25, -0.2) is 4.98 Å². The average molecular weight is 367 g/mol. The first-order chi connectivity index (χ1) is 13.3. The minimum Gasteiger partial charge on any atom is -0.487 e. The molecule has 2 aromatic heterocycles. The molecule has 0 amide bonds. The summed E-state index contributed by atoms with van der Waals surface area (Å²) in [6, 6.07) is 4.27. The van der Waals surface area contributed by atoms with Crippen LogP contribution >= 0.6 is 0 Å². The van der Waals surface area contributed by atoms with Gasteiger partial charge in [-0.15, -0.1) is 0 Å². The Labute approximate surface area is 159 Å². The van der Waals surface area contributed by atoms with E-state index in [1.165, 1.54) is 56.1 Å². The number of nitrogens with zero attached hydrogens (tertiary/aromatic N) is 3. The zero-order chi connectivity index (χ0) is 18.6. The lowest BCUT2D eigenvalue weighted by Gasteiger charge is -2.29. The van der Waals surface area contributed by atoms with Gasteiger partial charge in [0.2, 0.25) is 5.88 Å². The van der Waals surface area contributed by atoms with Crippen molar-refractivity contribution in [2.75, 3.05) is 13.7 Å². The van der Waals surface area contributed by atoms with Crippen LogP contribution in [-0.2, 0) is 0 Å². The Balaban J connectivity index is 1.58. The van der Waals surface area contributed by atoms with Crippen molar-refractivity contribution in [1.82, 2.24) is 14.8 Å². The molecule has 27 heavy (non-hydrogen) atoms. The third kappa shape index (κ3) is 3.61. The predicted octanol–water partition coefficient (Wildman–Crippen LogP) is 4.23. The Hall–Kier alpha value is -2.63. The highest BCUT2D eigenvalue weighted by Gasteiger charge is 2.25. The van der Waals surface area contributed by atoms with Crippen molar-refractivity contribution in [2.24, 2.45) is 0 Å². The summed E-state index contributed by atoms with van der Waals surface area (Å²) in [6.45, 7) is 0.472. The molecule has 0 atom stereocenters.